The third-order valence-electron chi connectivity index (χ3n) is 4.02. The molecule has 1 amide bonds. The van der Waals surface area contributed by atoms with E-state index in [0.29, 0.717) is 22.3 Å². The number of imidazole rings is 1. The number of hydrogen-bond acceptors (Lipinski definition) is 3. The highest BCUT2D eigenvalue weighted by Crippen LogP contribution is 2.19. The number of amides is 1. The second-order valence-corrected chi connectivity index (χ2v) is 5.75. The number of carbonyl (C=O) groups is 2. The van der Waals surface area contributed by atoms with Crippen LogP contribution in [0.5, 0.6) is 0 Å². The van der Waals surface area contributed by atoms with Crippen molar-refractivity contribution in [3.8, 4) is 0 Å². The number of rotatable bonds is 3. The van der Waals surface area contributed by atoms with E-state index < -0.39 is 5.91 Å². The summed E-state index contributed by atoms with van der Waals surface area (Å²) in [6.07, 6.45) is 0. The lowest BCUT2D eigenvalue weighted by molar-refractivity contribution is 0.0931. The van der Waals surface area contributed by atoms with Gasteiger partial charge in [-0.1, -0.05) is 48.5 Å². The van der Waals surface area contributed by atoms with Crippen molar-refractivity contribution in [2.45, 2.75) is 0 Å². The van der Waals surface area contributed by atoms with Crippen LogP contribution in [0.25, 0.3) is 11.0 Å². The molecule has 0 bridgehead atoms. The van der Waals surface area contributed by atoms with Crippen LogP contribution in [0.1, 0.15) is 21.0 Å². The normalized spacial score (nSPS) is 10.6. The Hall–Kier alpha value is -3.73. The topological polar surface area (TPSA) is 64.0 Å². The van der Waals surface area contributed by atoms with E-state index in [-0.39, 0.29) is 11.7 Å². The predicted molar refractivity (Wildman–Crippen MR) is 100 cm³/mol. The minimum Gasteiger partial charge on any atom is -0.319 e. The van der Waals surface area contributed by atoms with Gasteiger partial charge in [0.2, 0.25) is 5.82 Å². The largest absolute Gasteiger partial charge is 0.319 e. The second kappa shape index (κ2) is 6.64. The molecule has 0 radical (unpaired) electrons. The summed E-state index contributed by atoms with van der Waals surface area (Å²) in [6, 6.07) is 25.1. The Bertz CT molecular complexity index is 1090. The van der Waals surface area contributed by atoms with Crippen LogP contribution in [0, 0.1) is 0 Å². The molecule has 0 saturated heterocycles. The number of nitrogens with zero attached hydrogens (tertiary/aromatic N) is 2. The Labute approximate surface area is 149 Å². The van der Waals surface area contributed by atoms with Gasteiger partial charge in [0, 0.05) is 11.3 Å². The quantitative estimate of drug-likeness (QED) is 0.613. The maximum absolute atomic E-state index is 13.0. The van der Waals surface area contributed by atoms with Gasteiger partial charge in [-0.3, -0.25) is 14.2 Å². The maximum atomic E-state index is 13.0. The number of benzene rings is 3. The van der Waals surface area contributed by atoms with Gasteiger partial charge < -0.3 is 5.32 Å². The summed E-state index contributed by atoms with van der Waals surface area (Å²) < 4.78 is 1.36. The lowest BCUT2D eigenvalue weighted by atomic mass is 10.2. The van der Waals surface area contributed by atoms with Gasteiger partial charge in [-0.05, 0) is 36.4 Å². The van der Waals surface area contributed by atoms with Crippen LogP contribution in [0.4, 0.5) is 5.69 Å². The molecule has 5 heteroatoms. The number of carbonyl (C=O) groups excluding carboxylic acids is 2. The van der Waals surface area contributed by atoms with E-state index in [1.807, 2.05) is 36.4 Å². The third-order valence-corrected chi connectivity index (χ3v) is 4.02. The molecule has 26 heavy (non-hydrogen) atoms. The van der Waals surface area contributed by atoms with E-state index >= 15 is 0 Å². The molecule has 0 aliphatic carbocycles. The average molecular weight is 341 g/mol. The van der Waals surface area contributed by atoms with Gasteiger partial charge >= 0.3 is 0 Å². The van der Waals surface area contributed by atoms with Gasteiger partial charge in [0.1, 0.15) is 0 Å². The molecule has 3 aromatic carbocycles. The zero-order valence-electron chi connectivity index (χ0n) is 13.8. The summed E-state index contributed by atoms with van der Waals surface area (Å²) in [5.41, 5.74) is 2.32. The van der Waals surface area contributed by atoms with Gasteiger partial charge in [-0.15, -0.1) is 0 Å². The number of hydrogen-bond donors (Lipinski definition) is 1. The van der Waals surface area contributed by atoms with Crippen molar-refractivity contribution >= 4 is 28.5 Å². The molecule has 126 valence electrons. The zero-order valence-corrected chi connectivity index (χ0v) is 13.8. The number of fused-ring (bicyclic) bond motifs is 1. The lowest BCUT2D eigenvalue weighted by Gasteiger charge is -2.08. The first-order valence-electron chi connectivity index (χ1n) is 8.17. The van der Waals surface area contributed by atoms with E-state index in [1.165, 1.54) is 4.57 Å². The van der Waals surface area contributed by atoms with Crippen molar-refractivity contribution in [3.05, 3.63) is 96.3 Å². The number of aromatic nitrogens is 2. The summed E-state index contributed by atoms with van der Waals surface area (Å²) in [5, 5.41) is 2.79. The smallest absolute Gasteiger partial charge is 0.292 e. The fraction of sp³-hybridized carbons (Fsp3) is 0. The molecular formula is C21H15N3O2. The summed E-state index contributed by atoms with van der Waals surface area (Å²) in [4.78, 5) is 30.2. The van der Waals surface area contributed by atoms with Crippen molar-refractivity contribution < 1.29 is 9.59 Å². The molecule has 0 aliphatic rings. The fourth-order valence-corrected chi connectivity index (χ4v) is 2.80. The molecule has 0 fully saturated rings. The monoisotopic (exact) mass is 341 g/mol. The first kappa shape index (κ1) is 15.8. The first-order valence-corrected chi connectivity index (χ1v) is 8.17. The molecule has 4 aromatic rings. The van der Waals surface area contributed by atoms with Crippen molar-refractivity contribution in [3.63, 3.8) is 0 Å². The molecule has 0 unspecified atom stereocenters. The van der Waals surface area contributed by atoms with Crippen molar-refractivity contribution in [1.82, 2.24) is 9.55 Å². The van der Waals surface area contributed by atoms with Gasteiger partial charge in [-0.2, -0.15) is 0 Å². The van der Waals surface area contributed by atoms with E-state index in [4.69, 9.17) is 0 Å². The summed E-state index contributed by atoms with van der Waals surface area (Å²) in [5.74, 6) is -0.668. The number of para-hydroxylation sites is 3. The highest BCUT2D eigenvalue weighted by Gasteiger charge is 2.23. The predicted octanol–water partition coefficient (Wildman–Crippen LogP) is 3.98. The summed E-state index contributed by atoms with van der Waals surface area (Å²) in [6.45, 7) is 0. The highest BCUT2D eigenvalue weighted by atomic mass is 16.2. The number of anilines is 1. The van der Waals surface area contributed by atoms with Gasteiger partial charge in [-0.25, -0.2) is 4.98 Å². The molecule has 1 N–H and O–H groups in total. The molecule has 0 aliphatic heterocycles. The molecule has 0 spiro atoms. The van der Waals surface area contributed by atoms with Gasteiger partial charge in [0.15, 0.2) is 0 Å². The number of nitrogens with one attached hydrogen (secondary N) is 1. The third kappa shape index (κ3) is 2.86. The minimum atomic E-state index is -0.434. The lowest BCUT2D eigenvalue weighted by Crippen LogP contribution is -2.23. The molecular weight excluding hydrogens is 326 g/mol. The van der Waals surface area contributed by atoms with Crippen molar-refractivity contribution in [1.29, 1.82) is 0 Å². The van der Waals surface area contributed by atoms with Crippen LogP contribution < -0.4 is 5.32 Å². The van der Waals surface area contributed by atoms with Crippen LogP contribution >= 0.6 is 0 Å². The molecule has 1 aromatic heterocycles. The van der Waals surface area contributed by atoms with Crippen LogP contribution in [0.15, 0.2) is 84.9 Å². The Kier molecular flexibility index (Phi) is 4.03. The summed E-state index contributed by atoms with van der Waals surface area (Å²) in [7, 11) is 0. The SMILES string of the molecule is O=C(Nc1ccccc1)c1nc2ccccc2n1C(=O)c1ccccc1. The molecule has 0 saturated carbocycles. The van der Waals surface area contributed by atoms with E-state index in [0.717, 1.165) is 0 Å². The van der Waals surface area contributed by atoms with E-state index in [2.05, 4.69) is 10.3 Å². The average Bonchev–Trinajstić information content (AvgIpc) is 3.08. The molecule has 1 heterocycles. The van der Waals surface area contributed by atoms with Crippen molar-refractivity contribution in [2.75, 3.05) is 5.32 Å². The van der Waals surface area contributed by atoms with Crippen LogP contribution in [0.2, 0.25) is 0 Å². The van der Waals surface area contributed by atoms with Gasteiger partial charge in [0.05, 0.1) is 11.0 Å². The fourth-order valence-electron chi connectivity index (χ4n) is 2.80. The first-order chi connectivity index (χ1) is 12.7. The minimum absolute atomic E-state index is 0.0592. The van der Waals surface area contributed by atoms with E-state index in [9.17, 15) is 9.59 Å². The standard InChI is InChI=1S/C21H15N3O2/c25-20(22-16-11-5-2-6-12-16)19-23-17-13-7-8-14-18(17)24(19)21(26)15-9-3-1-4-10-15/h1-14H,(H,22,25). The Morgan fingerprint density at radius 1 is 0.769 bits per heavy atom. The molecule has 0 atom stereocenters. The highest BCUT2D eigenvalue weighted by molar-refractivity contribution is 6.10. The molecule has 4 rings (SSSR count). The van der Waals surface area contributed by atoms with Crippen LogP contribution in [-0.4, -0.2) is 21.4 Å². The van der Waals surface area contributed by atoms with Crippen LogP contribution in [0.3, 0.4) is 0 Å². The zero-order chi connectivity index (χ0) is 17.9. The van der Waals surface area contributed by atoms with E-state index in [1.54, 1.807) is 48.5 Å². The maximum Gasteiger partial charge on any atom is 0.292 e. The van der Waals surface area contributed by atoms with Gasteiger partial charge in [0.25, 0.3) is 11.8 Å². The Morgan fingerprint density at radius 2 is 1.38 bits per heavy atom. The Balaban J connectivity index is 1.82. The summed E-state index contributed by atoms with van der Waals surface area (Å²) >= 11 is 0. The Morgan fingerprint density at radius 3 is 2.12 bits per heavy atom. The van der Waals surface area contributed by atoms with Crippen LogP contribution in [-0.2, 0) is 0 Å². The second-order valence-electron chi connectivity index (χ2n) is 5.75. The van der Waals surface area contributed by atoms with Crippen molar-refractivity contribution in [2.24, 2.45) is 0 Å². The molecule has 5 nitrogen and oxygen atoms in total.